The van der Waals surface area contributed by atoms with Crippen molar-refractivity contribution in [1.82, 2.24) is 9.78 Å². The Kier molecular flexibility index (Phi) is 3.80. The number of halogens is 1. The maximum Gasteiger partial charge on any atom is 0.153 e. The van der Waals surface area contributed by atoms with E-state index in [1.54, 1.807) is 22.2 Å². The van der Waals surface area contributed by atoms with E-state index in [1.165, 1.54) is 0 Å². The molecule has 20 heavy (non-hydrogen) atoms. The van der Waals surface area contributed by atoms with E-state index in [0.717, 1.165) is 27.6 Å². The summed E-state index contributed by atoms with van der Waals surface area (Å²) < 4.78 is 2.77. The third-order valence-electron chi connectivity index (χ3n) is 2.97. The van der Waals surface area contributed by atoms with E-state index in [-0.39, 0.29) is 0 Å². The number of thiophene rings is 1. The quantitative estimate of drug-likeness (QED) is 0.662. The molecule has 3 aromatic rings. The van der Waals surface area contributed by atoms with Gasteiger partial charge in [0.2, 0.25) is 0 Å². The molecule has 0 spiro atoms. The summed E-state index contributed by atoms with van der Waals surface area (Å²) in [4.78, 5) is 11.2. The van der Waals surface area contributed by atoms with Gasteiger partial charge in [0.1, 0.15) is 5.69 Å². The number of aromatic nitrogens is 2. The Morgan fingerprint density at radius 3 is 2.70 bits per heavy atom. The van der Waals surface area contributed by atoms with Gasteiger partial charge in [0, 0.05) is 27.0 Å². The maximum absolute atomic E-state index is 11.2. The van der Waals surface area contributed by atoms with Crippen LogP contribution in [-0.4, -0.2) is 16.1 Å². The van der Waals surface area contributed by atoms with Crippen molar-refractivity contribution in [3.63, 3.8) is 0 Å². The van der Waals surface area contributed by atoms with E-state index < -0.39 is 0 Å². The molecule has 0 N–H and O–H groups in total. The van der Waals surface area contributed by atoms with E-state index in [2.05, 4.69) is 21.0 Å². The predicted octanol–water partition coefficient (Wildman–Crippen LogP) is 4.23. The van der Waals surface area contributed by atoms with Crippen LogP contribution in [-0.2, 0) is 6.54 Å². The Morgan fingerprint density at radius 1 is 1.25 bits per heavy atom. The van der Waals surface area contributed by atoms with Crippen molar-refractivity contribution >= 4 is 33.6 Å². The van der Waals surface area contributed by atoms with Gasteiger partial charge in [-0.3, -0.25) is 9.48 Å². The summed E-state index contributed by atoms with van der Waals surface area (Å²) in [5, 5.41) is 8.52. The van der Waals surface area contributed by atoms with Gasteiger partial charge in [0.25, 0.3) is 0 Å². The summed E-state index contributed by atoms with van der Waals surface area (Å²) in [6.45, 7) is 0.656. The van der Waals surface area contributed by atoms with Gasteiger partial charge >= 0.3 is 0 Å². The summed E-state index contributed by atoms with van der Waals surface area (Å²) in [6.07, 6.45) is 2.65. The average Bonchev–Trinajstić information content (AvgIpc) is 3.05. The summed E-state index contributed by atoms with van der Waals surface area (Å²) in [6, 6.07) is 10.1. The minimum absolute atomic E-state index is 0.611. The van der Waals surface area contributed by atoms with Gasteiger partial charge in [-0.15, -0.1) is 0 Å². The monoisotopic (exact) mass is 346 g/mol. The van der Waals surface area contributed by atoms with Gasteiger partial charge in [-0.1, -0.05) is 30.3 Å². The van der Waals surface area contributed by atoms with Crippen molar-refractivity contribution in [3.05, 3.63) is 62.9 Å². The number of benzene rings is 1. The lowest BCUT2D eigenvalue weighted by atomic mass is 10.2. The average molecular weight is 347 g/mol. The smallest absolute Gasteiger partial charge is 0.153 e. The van der Waals surface area contributed by atoms with E-state index in [1.807, 2.05) is 41.1 Å². The Labute approximate surface area is 129 Å². The van der Waals surface area contributed by atoms with Gasteiger partial charge in [-0.25, -0.2) is 0 Å². The molecule has 2 heterocycles. The van der Waals surface area contributed by atoms with Crippen molar-refractivity contribution in [1.29, 1.82) is 0 Å². The molecule has 0 fully saturated rings. The first-order valence-corrected chi connectivity index (χ1v) is 7.80. The normalized spacial score (nSPS) is 10.7. The van der Waals surface area contributed by atoms with Crippen molar-refractivity contribution in [2.24, 2.45) is 0 Å². The zero-order valence-electron chi connectivity index (χ0n) is 10.5. The van der Waals surface area contributed by atoms with Crippen LogP contribution in [0.4, 0.5) is 0 Å². The van der Waals surface area contributed by atoms with E-state index in [4.69, 9.17) is 0 Å². The third-order valence-corrected chi connectivity index (χ3v) is 4.68. The summed E-state index contributed by atoms with van der Waals surface area (Å²) in [5.74, 6) is 0. The molecular formula is C15H11BrN2OS. The number of hydrogen-bond acceptors (Lipinski definition) is 3. The first kappa shape index (κ1) is 13.3. The molecule has 0 bridgehead atoms. The standard InChI is InChI=1S/C15H11BrN2OS/c16-14-10-20-9-13(14)15-12(8-19)7-18(17-15)6-11-4-2-1-3-5-11/h1-5,7-10H,6H2. The fourth-order valence-corrected chi connectivity index (χ4v) is 3.50. The molecule has 0 saturated carbocycles. The van der Waals surface area contributed by atoms with Crippen LogP contribution in [0, 0.1) is 0 Å². The van der Waals surface area contributed by atoms with Crippen molar-refractivity contribution in [2.45, 2.75) is 6.54 Å². The molecule has 0 unspecified atom stereocenters. The molecule has 3 nitrogen and oxygen atoms in total. The van der Waals surface area contributed by atoms with Crippen LogP contribution in [0.2, 0.25) is 0 Å². The predicted molar refractivity (Wildman–Crippen MR) is 84.2 cm³/mol. The second-order valence-electron chi connectivity index (χ2n) is 4.37. The Bertz CT molecular complexity index is 733. The highest BCUT2D eigenvalue weighted by Gasteiger charge is 2.14. The lowest BCUT2D eigenvalue weighted by Crippen LogP contribution is -1.99. The molecule has 0 aliphatic rings. The van der Waals surface area contributed by atoms with Gasteiger partial charge in [0.05, 0.1) is 12.1 Å². The fraction of sp³-hybridized carbons (Fsp3) is 0.0667. The van der Waals surface area contributed by atoms with Crippen LogP contribution < -0.4 is 0 Å². The van der Waals surface area contributed by atoms with Crippen LogP contribution in [0.15, 0.2) is 51.8 Å². The first-order chi connectivity index (χ1) is 9.78. The lowest BCUT2D eigenvalue weighted by molar-refractivity contribution is 0.112. The molecule has 2 aromatic heterocycles. The molecule has 0 aliphatic heterocycles. The second-order valence-corrected chi connectivity index (χ2v) is 5.97. The number of rotatable bonds is 4. The maximum atomic E-state index is 11.2. The topological polar surface area (TPSA) is 34.9 Å². The van der Waals surface area contributed by atoms with E-state index >= 15 is 0 Å². The highest BCUT2D eigenvalue weighted by Crippen LogP contribution is 2.32. The van der Waals surface area contributed by atoms with Crippen molar-refractivity contribution in [3.8, 4) is 11.3 Å². The van der Waals surface area contributed by atoms with Crippen LogP contribution >= 0.6 is 27.3 Å². The SMILES string of the molecule is O=Cc1cn(Cc2ccccc2)nc1-c1cscc1Br. The van der Waals surface area contributed by atoms with E-state index in [9.17, 15) is 4.79 Å². The van der Waals surface area contributed by atoms with Gasteiger partial charge in [0.15, 0.2) is 6.29 Å². The molecule has 0 saturated heterocycles. The summed E-state index contributed by atoms with van der Waals surface area (Å²) in [7, 11) is 0. The third kappa shape index (κ3) is 2.59. The number of hydrogen-bond donors (Lipinski definition) is 0. The molecule has 3 rings (SSSR count). The Balaban J connectivity index is 1.97. The second kappa shape index (κ2) is 5.73. The van der Waals surface area contributed by atoms with Crippen LogP contribution in [0.1, 0.15) is 15.9 Å². The highest BCUT2D eigenvalue weighted by molar-refractivity contribution is 9.10. The molecule has 1 aromatic carbocycles. The zero-order valence-corrected chi connectivity index (χ0v) is 12.9. The number of carbonyl (C=O) groups excluding carboxylic acids is 1. The van der Waals surface area contributed by atoms with Gasteiger partial charge in [-0.2, -0.15) is 16.4 Å². The zero-order chi connectivity index (χ0) is 13.9. The van der Waals surface area contributed by atoms with Gasteiger partial charge < -0.3 is 0 Å². The molecule has 100 valence electrons. The van der Waals surface area contributed by atoms with Crippen molar-refractivity contribution in [2.75, 3.05) is 0 Å². The molecular weight excluding hydrogens is 336 g/mol. The largest absolute Gasteiger partial charge is 0.298 e. The highest BCUT2D eigenvalue weighted by atomic mass is 79.9. The van der Waals surface area contributed by atoms with E-state index in [0.29, 0.717) is 12.1 Å². The van der Waals surface area contributed by atoms with Crippen molar-refractivity contribution < 1.29 is 4.79 Å². The minimum atomic E-state index is 0.611. The number of carbonyl (C=O) groups is 1. The summed E-state index contributed by atoms with van der Waals surface area (Å²) in [5.41, 5.74) is 3.45. The Hall–Kier alpha value is -1.72. The van der Waals surface area contributed by atoms with Crippen LogP contribution in [0.3, 0.4) is 0 Å². The first-order valence-electron chi connectivity index (χ1n) is 6.06. The number of nitrogens with zero attached hydrogens (tertiary/aromatic N) is 2. The van der Waals surface area contributed by atoms with Crippen LogP contribution in [0.25, 0.3) is 11.3 Å². The molecule has 0 aliphatic carbocycles. The Morgan fingerprint density at radius 2 is 2.05 bits per heavy atom. The van der Waals surface area contributed by atoms with Gasteiger partial charge in [-0.05, 0) is 21.5 Å². The molecule has 0 atom stereocenters. The minimum Gasteiger partial charge on any atom is -0.298 e. The number of aldehydes is 1. The molecule has 5 heteroatoms. The lowest BCUT2D eigenvalue weighted by Gasteiger charge is -2.01. The van der Waals surface area contributed by atoms with Crippen LogP contribution in [0.5, 0.6) is 0 Å². The summed E-state index contributed by atoms with van der Waals surface area (Å²) >= 11 is 5.07. The molecule has 0 radical (unpaired) electrons. The molecule has 0 amide bonds. The fourth-order valence-electron chi connectivity index (χ4n) is 2.03.